The van der Waals surface area contributed by atoms with Gasteiger partial charge in [-0.3, -0.25) is 4.98 Å². The van der Waals surface area contributed by atoms with E-state index in [4.69, 9.17) is 17.1 Å². The summed E-state index contributed by atoms with van der Waals surface area (Å²) in [6.45, 7) is 17.2. The second-order valence-corrected chi connectivity index (χ2v) is 23.9. The summed E-state index contributed by atoms with van der Waals surface area (Å²) < 4.78 is 26.1. The van der Waals surface area contributed by atoms with Gasteiger partial charge in [-0.05, 0) is 69.5 Å². The minimum Gasteiger partial charge on any atom is -0.501 e. The van der Waals surface area contributed by atoms with Gasteiger partial charge >= 0.3 is 0 Å². The van der Waals surface area contributed by atoms with Crippen LogP contribution in [0.4, 0.5) is 0 Å². The van der Waals surface area contributed by atoms with Crippen LogP contribution in [0.15, 0.2) is 174 Å². The average Bonchev–Trinajstić information content (AvgIpc) is 3.90. The fourth-order valence-electron chi connectivity index (χ4n) is 8.39. The van der Waals surface area contributed by atoms with Crippen LogP contribution >= 0.6 is 0 Å². The second kappa shape index (κ2) is 18.7. The van der Waals surface area contributed by atoms with Crippen molar-refractivity contribution in [2.75, 3.05) is 0 Å². The fourth-order valence-corrected chi connectivity index (χ4v) is 9.80. The number of aromatic nitrogens is 3. The van der Waals surface area contributed by atoms with E-state index in [2.05, 4.69) is 172 Å². The van der Waals surface area contributed by atoms with Gasteiger partial charge in [0, 0.05) is 45.7 Å². The predicted octanol–water partition coefficient (Wildman–Crippen LogP) is 15.3. The third-order valence-electron chi connectivity index (χ3n) is 11.7. The molecule has 1 radical (unpaired) electrons. The van der Waals surface area contributed by atoms with E-state index in [1.165, 1.54) is 11.1 Å². The molecule has 4 nitrogen and oxygen atoms in total. The zero-order valence-corrected chi connectivity index (χ0v) is 41.7. The number of pyridine rings is 1. The van der Waals surface area contributed by atoms with E-state index in [0.29, 0.717) is 0 Å². The molecule has 0 aliphatic heterocycles. The molecule has 0 aliphatic rings. The number of para-hydroxylation sites is 3. The topological polar surface area (TPSA) is 43.9 Å². The Kier molecular flexibility index (Phi) is 12.3. The van der Waals surface area contributed by atoms with Crippen molar-refractivity contribution in [2.24, 2.45) is 5.92 Å². The van der Waals surface area contributed by atoms with Crippen molar-refractivity contribution in [2.45, 2.75) is 66.0 Å². The van der Waals surface area contributed by atoms with Gasteiger partial charge < -0.3 is 14.0 Å². The maximum absolute atomic E-state index is 8.69. The van der Waals surface area contributed by atoms with Crippen LogP contribution in [-0.2, 0) is 31.9 Å². The molecule has 7 aromatic carbocycles. The molecule has 327 valence electrons. The molecule has 0 saturated heterocycles. The number of hydrogen-bond acceptors (Lipinski definition) is 3. The van der Waals surface area contributed by atoms with Gasteiger partial charge in [0.2, 0.25) is 0 Å². The summed E-state index contributed by atoms with van der Waals surface area (Å²) in [7, 11) is -1.71. The van der Waals surface area contributed by atoms with Crippen molar-refractivity contribution in [3.63, 3.8) is 0 Å². The van der Waals surface area contributed by atoms with Gasteiger partial charge in [-0.25, -0.2) is 0 Å². The number of furan rings is 1. The molecule has 10 aromatic rings. The molecule has 0 fully saturated rings. The molecule has 10 rings (SSSR count). The van der Waals surface area contributed by atoms with Crippen molar-refractivity contribution < 1.29 is 27.3 Å². The van der Waals surface area contributed by atoms with Crippen LogP contribution in [-0.4, -0.2) is 22.6 Å². The summed E-state index contributed by atoms with van der Waals surface area (Å²) in [5.41, 5.74) is 13.9. The summed E-state index contributed by atoms with van der Waals surface area (Å²) in [6.07, 6.45) is 0.531. The summed E-state index contributed by atoms with van der Waals surface area (Å²) >= 11 is 0. The van der Waals surface area contributed by atoms with Gasteiger partial charge in [-0.2, -0.15) is 0 Å². The van der Waals surface area contributed by atoms with E-state index in [1.54, 1.807) is 0 Å². The minimum atomic E-state index is -1.71. The number of fused-ring (bicyclic) bond motifs is 4. The van der Waals surface area contributed by atoms with Crippen molar-refractivity contribution >= 4 is 46.2 Å². The molecule has 0 saturated carbocycles. The normalized spacial score (nSPS) is 12.4. The van der Waals surface area contributed by atoms with Crippen molar-refractivity contribution in [1.82, 2.24) is 14.5 Å². The average molecular weight is 1040 g/mol. The Bertz CT molecular complexity index is 3350. The van der Waals surface area contributed by atoms with Crippen LogP contribution in [0, 0.1) is 18.1 Å². The molecule has 0 amide bonds. The Balaban J connectivity index is 0.000000197. The summed E-state index contributed by atoms with van der Waals surface area (Å²) in [4.78, 5) is 9.90. The van der Waals surface area contributed by atoms with E-state index in [-0.39, 0.29) is 31.4 Å². The quantitative estimate of drug-likeness (QED) is 0.113. The maximum atomic E-state index is 8.69. The molecule has 0 N–H and O–H groups in total. The molecule has 0 bridgehead atoms. The number of hydrogen-bond donors (Lipinski definition) is 0. The predicted molar refractivity (Wildman–Crippen MR) is 272 cm³/mol. The van der Waals surface area contributed by atoms with Gasteiger partial charge in [0.1, 0.15) is 5.58 Å². The van der Waals surface area contributed by atoms with E-state index in [9.17, 15) is 0 Å². The van der Waals surface area contributed by atoms with Crippen LogP contribution in [0.25, 0.3) is 83.6 Å². The molecule has 0 unspecified atom stereocenters. The molecule has 0 atom stereocenters. The van der Waals surface area contributed by atoms with Crippen LogP contribution < -0.4 is 5.19 Å². The fraction of sp³-hybridized carbons (Fsp3) is 0.186. The Morgan fingerprint density at radius 2 is 1.38 bits per heavy atom. The Hall–Kier alpha value is -6.17. The summed E-state index contributed by atoms with van der Waals surface area (Å²) in [5.74, 6) is 0.700. The van der Waals surface area contributed by atoms with E-state index >= 15 is 0 Å². The Morgan fingerprint density at radius 1 is 0.708 bits per heavy atom. The number of benzene rings is 7. The first kappa shape index (κ1) is 42.8. The van der Waals surface area contributed by atoms with Gasteiger partial charge in [0.15, 0.2) is 0 Å². The molecular formula is C59H55IrN3OSi-2. The van der Waals surface area contributed by atoms with Crippen LogP contribution in [0.5, 0.6) is 0 Å². The standard InChI is InChI=1S/C37H23N2O.C22H32NSi.Ir/c1-3-12-25(13-4-1)27-22-23-28(26-14-5-2-6-15-26)34(24-27)39-33-20-9-8-19-32(33)38-37(39)31-18-11-17-30-29-16-7-10-21-35(29)40-36(30)31;1-16(2)12-18-14-20(23-15-21(18)24(6,7)8)17-10-9-11-19(13-17)22(3,4)5;/h1-17,19-24H;9,11,13-16H,12H2,1-8H3;/q2*-1;/i;12D2;. The largest absolute Gasteiger partial charge is 0.501 e. The Labute approximate surface area is 401 Å². The molecule has 0 aliphatic carbocycles. The zero-order chi connectivity index (χ0) is 46.4. The summed E-state index contributed by atoms with van der Waals surface area (Å²) in [6, 6.07) is 63.2. The number of nitrogens with zero attached hydrogens (tertiary/aromatic N) is 3. The van der Waals surface area contributed by atoms with Crippen LogP contribution in [0.2, 0.25) is 19.6 Å². The third-order valence-corrected chi connectivity index (χ3v) is 13.7. The first-order valence-corrected chi connectivity index (χ1v) is 25.7. The second-order valence-electron chi connectivity index (χ2n) is 18.8. The molecule has 3 aromatic heterocycles. The first-order chi connectivity index (χ1) is 31.6. The molecule has 65 heavy (non-hydrogen) atoms. The van der Waals surface area contributed by atoms with Gasteiger partial charge in [0.25, 0.3) is 0 Å². The van der Waals surface area contributed by atoms with Gasteiger partial charge in [-0.15, -0.1) is 53.6 Å². The Morgan fingerprint density at radius 3 is 2.11 bits per heavy atom. The van der Waals surface area contributed by atoms with Crippen molar-refractivity contribution in [3.8, 4) is 50.6 Å². The van der Waals surface area contributed by atoms with E-state index in [1.807, 2.05) is 68.6 Å². The third kappa shape index (κ3) is 9.49. The maximum Gasteiger partial charge on any atom is 0.120 e. The number of rotatable bonds is 8. The molecule has 0 spiro atoms. The monoisotopic (exact) mass is 1040 g/mol. The molecule has 6 heteroatoms. The van der Waals surface area contributed by atoms with Crippen molar-refractivity contribution in [1.29, 1.82) is 0 Å². The first-order valence-electron chi connectivity index (χ1n) is 23.2. The molecular weight excluding hydrogens is 987 g/mol. The summed E-state index contributed by atoms with van der Waals surface area (Å²) in [5, 5.41) is 3.25. The SMILES string of the molecule is [2H]C([2H])(c1cc(-c2[c-]ccc(C(C)(C)C)c2)ncc1[Si](C)(C)C)C(C)C.[Ir].[c-]1ccc2c(oc3ccccc32)c1-c1nc2ccccc2n1-c1cc(-c2ccccc2)ccc1-c1ccccc1. The number of imidazole rings is 1. The van der Waals surface area contributed by atoms with Gasteiger partial charge in [-0.1, -0.05) is 180 Å². The zero-order valence-electron chi connectivity index (χ0n) is 40.3. The minimum absolute atomic E-state index is 0. The van der Waals surface area contributed by atoms with Crippen LogP contribution in [0.1, 0.15) is 48.5 Å². The smallest absolute Gasteiger partial charge is 0.120 e. The van der Waals surface area contributed by atoms with Crippen molar-refractivity contribution in [3.05, 3.63) is 193 Å². The van der Waals surface area contributed by atoms with E-state index in [0.717, 1.165) is 88.7 Å². The molecule has 3 heterocycles. The van der Waals surface area contributed by atoms with Crippen LogP contribution in [0.3, 0.4) is 0 Å². The van der Waals surface area contributed by atoms with E-state index < -0.39 is 14.4 Å². The van der Waals surface area contributed by atoms with Gasteiger partial charge in [0.05, 0.1) is 30.5 Å².